The Kier molecular flexibility index (Phi) is 3.31. The summed E-state index contributed by atoms with van der Waals surface area (Å²) in [6.07, 6.45) is 0.742. The predicted octanol–water partition coefficient (Wildman–Crippen LogP) is 3.97. The fourth-order valence-electron chi connectivity index (χ4n) is 2.72. The monoisotopic (exact) mass is 296 g/mol. The zero-order valence-electron chi connectivity index (χ0n) is 11.2. The van der Waals surface area contributed by atoms with Crippen molar-refractivity contribution in [1.29, 1.82) is 0 Å². The van der Waals surface area contributed by atoms with Crippen LogP contribution < -0.4 is 4.90 Å². The number of anilines is 2. The molecule has 21 heavy (non-hydrogen) atoms. The molecule has 3 rings (SSSR count). The molecule has 2 aromatic rings. The van der Waals surface area contributed by atoms with E-state index in [1.807, 2.05) is 19.1 Å². The number of rotatable bonds is 1. The first-order chi connectivity index (χ1) is 9.99. The van der Waals surface area contributed by atoms with Gasteiger partial charge in [-0.15, -0.1) is 0 Å². The van der Waals surface area contributed by atoms with Gasteiger partial charge in [0, 0.05) is 12.2 Å². The first kappa shape index (κ1) is 13.9. The quantitative estimate of drug-likeness (QED) is 0.585. The molecule has 6 heteroatoms. The van der Waals surface area contributed by atoms with Crippen LogP contribution in [0.2, 0.25) is 0 Å². The van der Waals surface area contributed by atoms with Crippen molar-refractivity contribution in [2.45, 2.75) is 13.3 Å². The third-order valence-corrected chi connectivity index (χ3v) is 3.59. The molecule has 110 valence electrons. The molecule has 0 N–H and O–H groups in total. The maximum Gasteiger partial charge on any atom is 0.253 e. The van der Waals surface area contributed by atoms with Gasteiger partial charge in [-0.25, -0.2) is 0 Å². The molecule has 0 radical (unpaired) electrons. The van der Waals surface area contributed by atoms with E-state index in [4.69, 9.17) is 0 Å². The van der Waals surface area contributed by atoms with Gasteiger partial charge in [-0.1, -0.05) is 25.1 Å². The molecular weight excluding hydrogens is 284 g/mol. The summed E-state index contributed by atoms with van der Waals surface area (Å²) in [5.74, 6) is -6.13. The summed E-state index contributed by atoms with van der Waals surface area (Å²) >= 11 is 0. The lowest BCUT2D eigenvalue weighted by atomic mass is 9.93. The minimum atomic E-state index is -1.64. The largest absolute Gasteiger partial charge is 0.336 e. The van der Waals surface area contributed by atoms with Gasteiger partial charge in [0.1, 0.15) is 5.69 Å². The molecule has 1 aromatic heterocycles. The third-order valence-electron chi connectivity index (χ3n) is 3.59. The number of fused-ring (bicyclic) bond motifs is 1. The molecule has 1 atom stereocenters. The number of aromatic nitrogens is 1. The van der Waals surface area contributed by atoms with E-state index in [-0.39, 0.29) is 12.5 Å². The first-order valence-corrected chi connectivity index (χ1v) is 6.54. The predicted molar refractivity (Wildman–Crippen MR) is 70.4 cm³/mol. The van der Waals surface area contributed by atoms with Crippen molar-refractivity contribution in [2.24, 2.45) is 5.92 Å². The number of benzene rings is 1. The Balaban J connectivity index is 2.22. The smallest absolute Gasteiger partial charge is 0.253 e. The second kappa shape index (κ2) is 5.02. The van der Waals surface area contributed by atoms with Gasteiger partial charge in [-0.2, -0.15) is 22.5 Å². The van der Waals surface area contributed by atoms with Crippen molar-refractivity contribution in [3.8, 4) is 0 Å². The van der Waals surface area contributed by atoms with Crippen molar-refractivity contribution in [3.63, 3.8) is 0 Å². The van der Waals surface area contributed by atoms with Crippen molar-refractivity contribution < 1.29 is 17.6 Å². The molecule has 1 aliphatic heterocycles. The summed E-state index contributed by atoms with van der Waals surface area (Å²) < 4.78 is 54.6. The topological polar surface area (TPSA) is 16.1 Å². The molecule has 0 fully saturated rings. The Morgan fingerprint density at radius 3 is 2.33 bits per heavy atom. The number of hydrogen-bond acceptors (Lipinski definition) is 2. The highest BCUT2D eigenvalue weighted by molar-refractivity contribution is 5.68. The van der Waals surface area contributed by atoms with E-state index >= 15 is 0 Å². The van der Waals surface area contributed by atoms with E-state index in [0.717, 1.165) is 12.0 Å². The SMILES string of the molecule is CC1Cc2ccccc2N(c2c(F)c(F)nc(F)c2F)C1. The minimum Gasteiger partial charge on any atom is -0.336 e. The van der Waals surface area contributed by atoms with E-state index in [1.54, 1.807) is 12.1 Å². The molecule has 2 nitrogen and oxygen atoms in total. The summed E-state index contributed by atoms with van der Waals surface area (Å²) in [6, 6.07) is 7.04. The van der Waals surface area contributed by atoms with Crippen LogP contribution in [0.4, 0.5) is 28.9 Å². The molecule has 2 heterocycles. The van der Waals surface area contributed by atoms with Crippen LogP contribution in [0.3, 0.4) is 0 Å². The first-order valence-electron chi connectivity index (χ1n) is 6.54. The van der Waals surface area contributed by atoms with Crippen molar-refractivity contribution in [3.05, 3.63) is 53.4 Å². The van der Waals surface area contributed by atoms with Crippen molar-refractivity contribution in [2.75, 3.05) is 11.4 Å². The van der Waals surface area contributed by atoms with Crippen LogP contribution in [0, 0.1) is 29.4 Å². The lowest BCUT2D eigenvalue weighted by Gasteiger charge is -2.35. The Morgan fingerprint density at radius 1 is 1.05 bits per heavy atom. The fourth-order valence-corrected chi connectivity index (χ4v) is 2.72. The molecule has 0 saturated carbocycles. The van der Waals surface area contributed by atoms with Gasteiger partial charge in [-0.05, 0) is 24.0 Å². The highest BCUT2D eigenvalue weighted by atomic mass is 19.2. The standard InChI is InChI=1S/C15H12F4N2/c1-8-6-9-4-2-3-5-10(9)21(7-8)13-11(16)14(18)20-15(19)12(13)17/h2-5,8H,6-7H2,1H3. The number of halogens is 4. The maximum atomic E-state index is 14.0. The molecule has 0 amide bonds. The Morgan fingerprint density at radius 2 is 1.67 bits per heavy atom. The average Bonchev–Trinajstić information content (AvgIpc) is 2.45. The molecule has 0 saturated heterocycles. The van der Waals surface area contributed by atoms with E-state index in [2.05, 4.69) is 4.98 Å². The summed E-state index contributed by atoms with van der Waals surface area (Å²) in [4.78, 5) is 3.87. The molecule has 0 spiro atoms. The average molecular weight is 296 g/mol. The van der Waals surface area contributed by atoms with Crippen LogP contribution in [0.25, 0.3) is 0 Å². The molecule has 0 aliphatic carbocycles. The van der Waals surface area contributed by atoms with E-state index in [1.165, 1.54) is 4.90 Å². The van der Waals surface area contributed by atoms with Gasteiger partial charge in [0.25, 0.3) is 11.9 Å². The molecule has 1 unspecified atom stereocenters. The van der Waals surface area contributed by atoms with Crippen LogP contribution in [0.1, 0.15) is 12.5 Å². The van der Waals surface area contributed by atoms with E-state index in [9.17, 15) is 17.6 Å². The van der Waals surface area contributed by atoms with Gasteiger partial charge in [0.2, 0.25) is 11.6 Å². The van der Waals surface area contributed by atoms with Crippen LogP contribution in [-0.2, 0) is 6.42 Å². The number of hydrogen-bond donors (Lipinski definition) is 0. The van der Waals surface area contributed by atoms with Gasteiger partial charge in [0.05, 0.1) is 0 Å². The van der Waals surface area contributed by atoms with Crippen LogP contribution in [-0.4, -0.2) is 11.5 Å². The molecule has 1 aromatic carbocycles. The third kappa shape index (κ3) is 2.24. The van der Waals surface area contributed by atoms with Gasteiger partial charge in [0.15, 0.2) is 0 Å². The summed E-state index contributed by atoms with van der Waals surface area (Å²) in [6.45, 7) is 2.18. The van der Waals surface area contributed by atoms with Gasteiger partial charge < -0.3 is 4.90 Å². The number of para-hydroxylation sites is 1. The molecule has 1 aliphatic rings. The van der Waals surface area contributed by atoms with Crippen LogP contribution in [0.5, 0.6) is 0 Å². The van der Waals surface area contributed by atoms with Gasteiger partial charge in [-0.3, -0.25) is 0 Å². The summed E-state index contributed by atoms with van der Waals surface area (Å²) in [5, 5.41) is 0. The normalized spacial score (nSPS) is 17.8. The zero-order chi connectivity index (χ0) is 15.1. The van der Waals surface area contributed by atoms with Crippen molar-refractivity contribution >= 4 is 11.4 Å². The summed E-state index contributed by atoms with van der Waals surface area (Å²) in [5.41, 5.74) is 0.713. The Labute approximate surface area is 119 Å². The maximum absolute atomic E-state index is 14.0. The van der Waals surface area contributed by atoms with Crippen LogP contribution >= 0.6 is 0 Å². The Hall–Kier alpha value is -2.11. The van der Waals surface area contributed by atoms with E-state index < -0.39 is 29.2 Å². The number of pyridine rings is 1. The number of nitrogens with zero attached hydrogens (tertiary/aromatic N) is 2. The minimum absolute atomic E-state index is 0.0954. The summed E-state index contributed by atoms with van der Waals surface area (Å²) in [7, 11) is 0. The van der Waals surface area contributed by atoms with E-state index in [0.29, 0.717) is 5.69 Å². The van der Waals surface area contributed by atoms with Gasteiger partial charge >= 0.3 is 0 Å². The molecular formula is C15H12F4N2. The highest BCUT2D eigenvalue weighted by Crippen LogP contribution is 2.38. The zero-order valence-corrected chi connectivity index (χ0v) is 11.2. The van der Waals surface area contributed by atoms with Crippen molar-refractivity contribution in [1.82, 2.24) is 4.98 Å². The second-order valence-electron chi connectivity index (χ2n) is 5.22. The lowest BCUT2D eigenvalue weighted by molar-refractivity contribution is 0.405. The second-order valence-corrected chi connectivity index (χ2v) is 5.22. The highest BCUT2D eigenvalue weighted by Gasteiger charge is 2.30. The van der Waals surface area contributed by atoms with Crippen LogP contribution in [0.15, 0.2) is 24.3 Å². The Bertz CT molecular complexity index is 676. The lowest BCUT2D eigenvalue weighted by Crippen LogP contribution is -2.32. The molecule has 0 bridgehead atoms. The fraction of sp³-hybridized carbons (Fsp3) is 0.267.